The number of nitrogens with two attached hydrogens (primary N) is 1. The molecule has 1 unspecified atom stereocenters. The lowest BCUT2D eigenvalue weighted by Gasteiger charge is -2.31. The van der Waals surface area contributed by atoms with Crippen LogP contribution in [0.1, 0.15) is 19.3 Å². The summed E-state index contributed by atoms with van der Waals surface area (Å²) in [5, 5.41) is 0. The first kappa shape index (κ1) is 11.2. The fourth-order valence-electron chi connectivity index (χ4n) is 2.20. The van der Waals surface area contributed by atoms with Crippen LogP contribution in [0.4, 0.5) is 0 Å². The van der Waals surface area contributed by atoms with Gasteiger partial charge in [0.2, 0.25) is 0 Å². The lowest BCUT2D eigenvalue weighted by molar-refractivity contribution is 0.00722. The first-order chi connectivity index (χ1) is 5.85. The van der Waals surface area contributed by atoms with Gasteiger partial charge < -0.3 is 15.2 Å². The lowest BCUT2D eigenvalue weighted by atomic mass is 9.78. The van der Waals surface area contributed by atoms with Gasteiger partial charge >= 0.3 is 0 Å². The van der Waals surface area contributed by atoms with E-state index in [2.05, 4.69) is 0 Å². The number of rotatable bonds is 1. The Bertz CT molecular complexity index is 160. The zero-order chi connectivity index (χ0) is 8.44. The van der Waals surface area contributed by atoms with Crippen molar-refractivity contribution in [3.8, 4) is 0 Å². The summed E-state index contributed by atoms with van der Waals surface area (Å²) in [4.78, 5) is 0. The lowest BCUT2D eigenvalue weighted by Crippen LogP contribution is -2.30. The third-order valence-electron chi connectivity index (χ3n) is 3.10. The van der Waals surface area contributed by atoms with E-state index in [0.29, 0.717) is 18.1 Å². The topological polar surface area (TPSA) is 44.5 Å². The molecule has 13 heavy (non-hydrogen) atoms. The molecule has 1 spiro atoms. The van der Waals surface area contributed by atoms with E-state index in [9.17, 15) is 0 Å². The minimum atomic E-state index is 0. The van der Waals surface area contributed by atoms with Gasteiger partial charge in [0, 0.05) is 25.2 Å². The minimum absolute atomic E-state index is 0. The van der Waals surface area contributed by atoms with Crippen LogP contribution < -0.4 is 5.73 Å². The molecule has 0 aromatic heterocycles. The van der Waals surface area contributed by atoms with Gasteiger partial charge in [-0.1, -0.05) is 0 Å². The average molecular weight is 208 g/mol. The number of ether oxygens (including phenoxy) is 2. The van der Waals surface area contributed by atoms with Crippen LogP contribution in [-0.2, 0) is 9.47 Å². The largest absolute Gasteiger partial charge is 0.381 e. The van der Waals surface area contributed by atoms with Crippen LogP contribution >= 0.6 is 12.4 Å². The van der Waals surface area contributed by atoms with Crippen LogP contribution in [0.3, 0.4) is 0 Å². The Balaban J connectivity index is 0.000000845. The molecule has 3 nitrogen and oxygen atoms in total. The van der Waals surface area contributed by atoms with Crippen LogP contribution in [0.25, 0.3) is 0 Å². The first-order valence-electron chi connectivity index (χ1n) is 4.74. The molecule has 2 aliphatic heterocycles. The first-order valence-corrected chi connectivity index (χ1v) is 4.74. The fraction of sp³-hybridized carbons (Fsp3) is 1.00. The monoisotopic (exact) mass is 207 g/mol. The third-order valence-corrected chi connectivity index (χ3v) is 3.10. The van der Waals surface area contributed by atoms with E-state index >= 15 is 0 Å². The van der Waals surface area contributed by atoms with Crippen LogP contribution in [-0.4, -0.2) is 32.5 Å². The second kappa shape index (κ2) is 4.60. The Morgan fingerprint density at radius 3 is 2.54 bits per heavy atom. The Kier molecular flexibility index (Phi) is 3.98. The van der Waals surface area contributed by atoms with Gasteiger partial charge in [-0.15, -0.1) is 12.4 Å². The maximum Gasteiger partial charge on any atom is 0.0703 e. The van der Waals surface area contributed by atoms with Crippen molar-refractivity contribution in [3.05, 3.63) is 0 Å². The Hall–Kier alpha value is 0.170. The Morgan fingerprint density at radius 1 is 1.31 bits per heavy atom. The molecule has 1 atom stereocenters. The molecule has 0 aromatic carbocycles. The second-order valence-electron chi connectivity index (χ2n) is 3.99. The van der Waals surface area contributed by atoms with E-state index in [0.717, 1.165) is 39.1 Å². The molecule has 2 fully saturated rings. The summed E-state index contributed by atoms with van der Waals surface area (Å²) in [5.41, 5.74) is 5.99. The van der Waals surface area contributed by atoms with Crippen molar-refractivity contribution in [2.75, 3.05) is 26.4 Å². The summed E-state index contributed by atoms with van der Waals surface area (Å²) >= 11 is 0. The molecule has 2 saturated heterocycles. The van der Waals surface area contributed by atoms with Crippen LogP contribution in [0.15, 0.2) is 0 Å². The van der Waals surface area contributed by atoms with Gasteiger partial charge in [0.1, 0.15) is 0 Å². The highest BCUT2D eigenvalue weighted by Gasteiger charge is 2.40. The molecule has 2 N–H and O–H groups in total. The standard InChI is InChI=1S/C9H17NO2.ClH/c10-6-8-5-9(7-12-8)1-3-11-4-2-9;/h8H,1-7,10H2;1H. The van der Waals surface area contributed by atoms with E-state index in [1.807, 2.05) is 0 Å². The Labute approximate surface area is 85.4 Å². The normalized spacial score (nSPS) is 31.6. The molecule has 2 rings (SSSR count). The molecular formula is C9H18ClNO2. The maximum atomic E-state index is 5.61. The smallest absolute Gasteiger partial charge is 0.0703 e. The fourth-order valence-corrected chi connectivity index (χ4v) is 2.20. The van der Waals surface area contributed by atoms with E-state index in [1.165, 1.54) is 0 Å². The zero-order valence-corrected chi connectivity index (χ0v) is 8.65. The summed E-state index contributed by atoms with van der Waals surface area (Å²) in [5.74, 6) is 0. The van der Waals surface area contributed by atoms with E-state index in [4.69, 9.17) is 15.2 Å². The molecule has 0 saturated carbocycles. The van der Waals surface area contributed by atoms with Crippen LogP contribution in [0, 0.1) is 5.41 Å². The predicted octanol–water partition coefficient (Wildman–Crippen LogP) is 0.953. The molecule has 0 radical (unpaired) electrons. The van der Waals surface area contributed by atoms with Gasteiger partial charge in [-0.05, 0) is 19.3 Å². The highest BCUT2D eigenvalue weighted by atomic mass is 35.5. The van der Waals surface area contributed by atoms with Crippen LogP contribution in [0.5, 0.6) is 0 Å². The van der Waals surface area contributed by atoms with E-state index in [-0.39, 0.29) is 12.4 Å². The van der Waals surface area contributed by atoms with E-state index in [1.54, 1.807) is 0 Å². The van der Waals surface area contributed by atoms with Crippen molar-refractivity contribution < 1.29 is 9.47 Å². The van der Waals surface area contributed by atoms with Crippen molar-refractivity contribution in [2.45, 2.75) is 25.4 Å². The van der Waals surface area contributed by atoms with Crippen molar-refractivity contribution in [2.24, 2.45) is 11.1 Å². The quantitative estimate of drug-likeness (QED) is 0.697. The van der Waals surface area contributed by atoms with Gasteiger partial charge in [0.15, 0.2) is 0 Å². The summed E-state index contributed by atoms with van der Waals surface area (Å²) in [7, 11) is 0. The average Bonchev–Trinajstić information content (AvgIpc) is 2.50. The predicted molar refractivity (Wildman–Crippen MR) is 53.1 cm³/mol. The highest BCUT2D eigenvalue weighted by Crippen LogP contribution is 2.40. The zero-order valence-electron chi connectivity index (χ0n) is 7.83. The van der Waals surface area contributed by atoms with Gasteiger partial charge in [-0.2, -0.15) is 0 Å². The van der Waals surface area contributed by atoms with Gasteiger partial charge in [-0.3, -0.25) is 0 Å². The summed E-state index contributed by atoms with van der Waals surface area (Å²) in [6, 6.07) is 0. The van der Waals surface area contributed by atoms with Crippen molar-refractivity contribution in [1.29, 1.82) is 0 Å². The Morgan fingerprint density at radius 2 is 2.00 bits per heavy atom. The summed E-state index contributed by atoms with van der Waals surface area (Å²) < 4.78 is 11.0. The molecule has 2 heterocycles. The molecule has 0 bridgehead atoms. The summed E-state index contributed by atoms with van der Waals surface area (Å²) in [6.07, 6.45) is 3.77. The van der Waals surface area contributed by atoms with Crippen LogP contribution in [0.2, 0.25) is 0 Å². The SMILES string of the molecule is Cl.NCC1CC2(CCOCC2)CO1. The minimum Gasteiger partial charge on any atom is -0.381 e. The molecular weight excluding hydrogens is 190 g/mol. The number of halogens is 1. The van der Waals surface area contributed by atoms with Crippen molar-refractivity contribution in [1.82, 2.24) is 0 Å². The van der Waals surface area contributed by atoms with Gasteiger partial charge in [0.25, 0.3) is 0 Å². The van der Waals surface area contributed by atoms with Gasteiger partial charge in [0.05, 0.1) is 12.7 Å². The molecule has 78 valence electrons. The molecule has 4 heteroatoms. The molecule has 0 aliphatic carbocycles. The molecule has 2 aliphatic rings. The second-order valence-corrected chi connectivity index (χ2v) is 3.99. The number of hydrogen-bond acceptors (Lipinski definition) is 3. The van der Waals surface area contributed by atoms with Crippen molar-refractivity contribution >= 4 is 12.4 Å². The third kappa shape index (κ3) is 2.34. The maximum absolute atomic E-state index is 5.61. The highest BCUT2D eigenvalue weighted by molar-refractivity contribution is 5.85. The van der Waals surface area contributed by atoms with E-state index < -0.39 is 0 Å². The van der Waals surface area contributed by atoms with Gasteiger partial charge in [-0.25, -0.2) is 0 Å². The molecule has 0 aromatic rings. The van der Waals surface area contributed by atoms with Crippen molar-refractivity contribution in [3.63, 3.8) is 0 Å². The summed E-state index contributed by atoms with van der Waals surface area (Å²) in [6.45, 7) is 3.38. The number of hydrogen-bond donors (Lipinski definition) is 1. The molecule has 0 amide bonds.